The Morgan fingerprint density at radius 1 is 1.29 bits per heavy atom. The summed E-state index contributed by atoms with van der Waals surface area (Å²) in [4.78, 5) is 14.2. The molecule has 1 aromatic heterocycles. The van der Waals surface area contributed by atoms with E-state index in [1.165, 1.54) is 12.1 Å². The van der Waals surface area contributed by atoms with Gasteiger partial charge in [-0.3, -0.25) is 0 Å². The summed E-state index contributed by atoms with van der Waals surface area (Å²) in [6.45, 7) is 4.39. The molecule has 0 radical (unpaired) electrons. The summed E-state index contributed by atoms with van der Waals surface area (Å²) in [5.74, 6) is 0.439. The number of rotatable bonds is 5. The standard InChI is InChI=1S/C14H15Cl2FN4/c1-3-7-21(11-6-4-5-10(17)8-11)14-19-12(9(2)15)18-13(16)20-14/h4-6,8-9H,3,7H2,1-2H3. The predicted molar refractivity (Wildman–Crippen MR) is 82.8 cm³/mol. The SMILES string of the molecule is CCCN(c1cccc(F)c1)c1nc(Cl)nc(C(C)Cl)n1. The van der Waals surface area contributed by atoms with Crippen LogP contribution in [0.5, 0.6) is 0 Å². The maximum Gasteiger partial charge on any atom is 0.234 e. The lowest BCUT2D eigenvalue weighted by Gasteiger charge is -2.22. The van der Waals surface area contributed by atoms with Gasteiger partial charge in [-0.1, -0.05) is 13.0 Å². The molecule has 1 atom stereocenters. The molecule has 2 aromatic rings. The first-order valence-electron chi connectivity index (χ1n) is 6.60. The highest BCUT2D eigenvalue weighted by Crippen LogP contribution is 2.26. The van der Waals surface area contributed by atoms with Crippen LogP contribution in [0, 0.1) is 5.82 Å². The van der Waals surface area contributed by atoms with Crippen LogP contribution in [0.4, 0.5) is 16.0 Å². The van der Waals surface area contributed by atoms with Crippen LogP contribution < -0.4 is 4.90 Å². The Hall–Kier alpha value is -1.46. The molecule has 0 bridgehead atoms. The van der Waals surface area contributed by atoms with Crippen molar-refractivity contribution in [1.82, 2.24) is 15.0 Å². The van der Waals surface area contributed by atoms with Gasteiger partial charge < -0.3 is 4.90 Å². The number of anilines is 2. The zero-order chi connectivity index (χ0) is 15.4. The van der Waals surface area contributed by atoms with Crippen LogP contribution in [-0.4, -0.2) is 21.5 Å². The molecule has 4 nitrogen and oxygen atoms in total. The first kappa shape index (κ1) is 15.9. The lowest BCUT2D eigenvalue weighted by molar-refractivity contribution is 0.627. The van der Waals surface area contributed by atoms with Crippen LogP contribution in [0.25, 0.3) is 0 Å². The van der Waals surface area contributed by atoms with Crippen molar-refractivity contribution < 1.29 is 4.39 Å². The lowest BCUT2D eigenvalue weighted by Crippen LogP contribution is -2.21. The topological polar surface area (TPSA) is 41.9 Å². The third-order valence-electron chi connectivity index (χ3n) is 2.78. The fourth-order valence-corrected chi connectivity index (χ4v) is 2.13. The quantitative estimate of drug-likeness (QED) is 0.757. The molecule has 0 N–H and O–H groups in total. The number of halogens is 3. The minimum atomic E-state index is -0.389. The van der Waals surface area contributed by atoms with Crippen LogP contribution in [-0.2, 0) is 0 Å². The average Bonchev–Trinajstić information content (AvgIpc) is 2.44. The van der Waals surface area contributed by atoms with Gasteiger partial charge in [0.05, 0.1) is 5.38 Å². The van der Waals surface area contributed by atoms with E-state index < -0.39 is 0 Å². The molecule has 0 saturated carbocycles. The van der Waals surface area contributed by atoms with E-state index in [0.29, 0.717) is 24.0 Å². The minimum Gasteiger partial charge on any atom is -0.310 e. The summed E-state index contributed by atoms with van der Waals surface area (Å²) >= 11 is 11.9. The Bertz CT molecular complexity index is 622. The van der Waals surface area contributed by atoms with Crippen LogP contribution in [0.15, 0.2) is 24.3 Å². The van der Waals surface area contributed by atoms with Crippen molar-refractivity contribution in [1.29, 1.82) is 0 Å². The maximum atomic E-state index is 13.4. The number of hydrogen-bond donors (Lipinski definition) is 0. The number of alkyl halides is 1. The average molecular weight is 329 g/mol. The Morgan fingerprint density at radius 2 is 2.05 bits per heavy atom. The molecule has 1 aromatic carbocycles. The van der Waals surface area contributed by atoms with E-state index >= 15 is 0 Å². The summed E-state index contributed by atoms with van der Waals surface area (Å²) < 4.78 is 13.4. The van der Waals surface area contributed by atoms with E-state index in [-0.39, 0.29) is 16.5 Å². The molecule has 1 unspecified atom stereocenters. The minimum absolute atomic E-state index is 0.0695. The van der Waals surface area contributed by atoms with Gasteiger partial charge in [-0.15, -0.1) is 11.6 Å². The first-order valence-corrected chi connectivity index (χ1v) is 7.41. The Balaban J connectivity index is 2.47. The van der Waals surface area contributed by atoms with Crippen molar-refractivity contribution in [3.63, 3.8) is 0 Å². The van der Waals surface area contributed by atoms with Gasteiger partial charge in [0.25, 0.3) is 0 Å². The highest BCUT2D eigenvalue weighted by molar-refractivity contribution is 6.28. The largest absolute Gasteiger partial charge is 0.310 e. The van der Waals surface area contributed by atoms with Crippen LogP contribution in [0.3, 0.4) is 0 Å². The van der Waals surface area contributed by atoms with Gasteiger partial charge in [0, 0.05) is 12.2 Å². The van der Waals surface area contributed by atoms with Crippen molar-refractivity contribution >= 4 is 34.8 Å². The molecular formula is C14H15Cl2FN4. The molecule has 0 saturated heterocycles. The molecule has 1 heterocycles. The van der Waals surface area contributed by atoms with Gasteiger partial charge in [0.2, 0.25) is 11.2 Å². The summed E-state index contributed by atoms with van der Waals surface area (Å²) in [5.41, 5.74) is 0.660. The molecule has 21 heavy (non-hydrogen) atoms. The number of nitrogens with zero attached hydrogens (tertiary/aromatic N) is 4. The summed E-state index contributed by atoms with van der Waals surface area (Å²) in [7, 11) is 0. The van der Waals surface area contributed by atoms with Gasteiger partial charge >= 0.3 is 0 Å². The van der Waals surface area contributed by atoms with E-state index in [1.54, 1.807) is 24.0 Å². The van der Waals surface area contributed by atoms with E-state index in [9.17, 15) is 4.39 Å². The Labute approximate surface area is 133 Å². The molecule has 0 aliphatic rings. The second-order valence-electron chi connectivity index (χ2n) is 4.51. The second kappa shape index (κ2) is 7.00. The molecular weight excluding hydrogens is 314 g/mol. The molecule has 0 aliphatic carbocycles. The fourth-order valence-electron chi connectivity index (χ4n) is 1.87. The van der Waals surface area contributed by atoms with Gasteiger partial charge in [-0.05, 0) is 43.1 Å². The monoisotopic (exact) mass is 328 g/mol. The number of aromatic nitrogens is 3. The van der Waals surface area contributed by atoms with Crippen molar-refractivity contribution in [3.8, 4) is 0 Å². The second-order valence-corrected chi connectivity index (χ2v) is 5.50. The highest BCUT2D eigenvalue weighted by atomic mass is 35.5. The third kappa shape index (κ3) is 4.02. The van der Waals surface area contributed by atoms with Crippen molar-refractivity contribution in [2.24, 2.45) is 0 Å². The molecule has 2 rings (SSSR count). The van der Waals surface area contributed by atoms with E-state index in [0.717, 1.165) is 6.42 Å². The van der Waals surface area contributed by atoms with E-state index in [4.69, 9.17) is 23.2 Å². The van der Waals surface area contributed by atoms with Crippen LogP contribution in [0.2, 0.25) is 5.28 Å². The van der Waals surface area contributed by atoms with E-state index in [2.05, 4.69) is 15.0 Å². The van der Waals surface area contributed by atoms with Gasteiger partial charge in [0.1, 0.15) is 5.82 Å². The van der Waals surface area contributed by atoms with Crippen molar-refractivity contribution in [3.05, 3.63) is 41.2 Å². The normalized spacial score (nSPS) is 12.2. The molecule has 0 fully saturated rings. The third-order valence-corrected chi connectivity index (χ3v) is 3.14. The summed E-state index contributed by atoms with van der Waals surface area (Å²) in [6, 6.07) is 6.25. The fraction of sp³-hybridized carbons (Fsp3) is 0.357. The van der Waals surface area contributed by atoms with Crippen LogP contribution >= 0.6 is 23.2 Å². The highest BCUT2D eigenvalue weighted by Gasteiger charge is 2.16. The molecule has 112 valence electrons. The summed E-state index contributed by atoms with van der Waals surface area (Å²) in [5, 5.41) is -0.319. The number of hydrogen-bond acceptors (Lipinski definition) is 4. The van der Waals surface area contributed by atoms with Gasteiger partial charge in [0.15, 0.2) is 5.82 Å². The maximum absolute atomic E-state index is 13.4. The van der Waals surface area contributed by atoms with Crippen LogP contribution in [0.1, 0.15) is 31.5 Å². The van der Waals surface area contributed by atoms with Gasteiger partial charge in [-0.25, -0.2) is 9.37 Å². The molecule has 0 spiro atoms. The predicted octanol–water partition coefficient (Wildman–Crippen LogP) is 4.51. The Morgan fingerprint density at radius 3 is 2.67 bits per heavy atom. The lowest BCUT2D eigenvalue weighted by atomic mass is 10.2. The van der Waals surface area contributed by atoms with E-state index in [1.807, 2.05) is 6.92 Å². The molecule has 7 heteroatoms. The van der Waals surface area contributed by atoms with Crippen molar-refractivity contribution in [2.75, 3.05) is 11.4 Å². The van der Waals surface area contributed by atoms with Gasteiger partial charge in [-0.2, -0.15) is 9.97 Å². The molecule has 0 aliphatic heterocycles. The van der Waals surface area contributed by atoms with Crippen molar-refractivity contribution in [2.45, 2.75) is 25.6 Å². The summed E-state index contributed by atoms with van der Waals surface area (Å²) in [6.07, 6.45) is 0.839. The number of benzene rings is 1. The smallest absolute Gasteiger partial charge is 0.234 e. The zero-order valence-electron chi connectivity index (χ0n) is 11.7. The molecule has 0 amide bonds. The first-order chi connectivity index (χ1) is 10.0. The Kier molecular flexibility index (Phi) is 5.31. The zero-order valence-corrected chi connectivity index (χ0v) is 13.2.